The van der Waals surface area contributed by atoms with Gasteiger partial charge in [0.2, 0.25) is 5.91 Å². The second-order valence-corrected chi connectivity index (χ2v) is 7.85. The summed E-state index contributed by atoms with van der Waals surface area (Å²) in [5.41, 5.74) is 4.96. The number of benzene rings is 1. The van der Waals surface area contributed by atoms with Gasteiger partial charge in [0.15, 0.2) is 11.5 Å². The first-order valence-electron chi connectivity index (χ1n) is 10.8. The van der Waals surface area contributed by atoms with Crippen molar-refractivity contribution in [2.24, 2.45) is 0 Å². The maximum atomic E-state index is 11.9. The summed E-state index contributed by atoms with van der Waals surface area (Å²) in [6.07, 6.45) is 17.7. The fraction of sp³-hybridized carbons (Fsp3) is 0.370. The van der Waals surface area contributed by atoms with E-state index in [0.717, 1.165) is 31.2 Å². The van der Waals surface area contributed by atoms with Crippen LogP contribution in [-0.2, 0) is 4.79 Å². The zero-order valence-corrected chi connectivity index (χ0v) is 19.6. The number of hydrogen-bond acceptors (Lipinski definition) is 3. The van der Waals surface area contributed by atoms with Crippen molar-refractivity contribution in [1.82, 2.24) is 5.32 Å². The molecular weight excluding hydrogens is 386 g/mol. The number of nitrogens with one attached hydrogen (secondary N) is 1. The molecule has 0 bridgehead atoms. The molecule has 0 aliphatic carbocycles. The Morgan fingerprint density at radius 2 is 1.68 bits per heavy atom. The lowest BCUT2D eigenvalue weighted by Gasteiger charge is -2.03. The minimum absolute atomic E-state index is 0.101. The molecule has 0 radical (unpaired) electrons. The van der Waals surface area contributed by atoms with Gasteiger partial charge in [-0.05, 0) is 71.1 Å². The molecule has 0 aromatic heterocycles. The Morgan fingerprint density at radius 3 is 2.35 bits per heavy atom. The SMILES string of the molecule is COc1cc(C=CC=CC(=O)NC/C=C(\C)CC/C=C(\C)CCC=C(C)C)ccc1O. The van der Waals surface area contributed by atoms with E-state index < -0.39 is 0 Å². The lowest BCUT2D eigenvalue weighted by molar-refractivity contribution is -0.116. The number of carbonyl (C=O) groups excluding carboxylic acids is 1. The number of amides is 1. The fourth-order valence-electron chi connectivity index (χ4n) is 2.83. The molecule has 1 amide bonds. The van der Waals surface area contributed by atoms with Crippen molar-refractivity contribution >= 4 is 12.0 Å². The van der Waals surface area contributed by atoms with Crippen LogP contribution in [0, 0.1) is 0 Å². The first-order valence-corrected chi connectivity index (χ1v) is 10.8. The van der Waals surface area contributed by atoms with Crippen LogP contribution in [-0.4, -0.2) is 24.7 Å². The van der Waals surface area contributed by atoms with Crippen LogP contribution in [0.5, 0.6) is 11.5 Å². The molecule has 0 saturated carbocycles. The van der Waals surface area contributed by atoms with Crippen LogP contribution in [0.15, 0.2) is 71.4 Å². The second-order valence-electron chi connectivity index (χ2n) is 7.85. The van der Waals surface area contributed by atoms with Crippen LogP contribution in [0.25, 0.3) is 6.08 Å². The first kappa shape index (κ1) is 26.0. The number of aromatic hydroxyl groups is 1. The highest BCUT2D eigenvalue weighted by molar-refractivity contribution is 5.88. The molecular formula is C27H37NO3. The van der Waals surface area contributed by atoms with E-state index in [1.165, 1.54) is 29.9 Å². The first-order chi connectivity index (χ1) is 14.8. The largest absolute Gasteiger partial charge is 0.504 e. The Morgan fingerprint density at radius 1 is 1.00 bits per heavy atom. The molecule has 1 aromatic carbocycles. The van der Waals surface area contributed by atoms with Gasteiger partial charge in [0, 0.05) is 12.6 Å². The van der Waals surface area contributed by atoms with Gasteiger partial charge < -0.3 is 15.2 Å². The predicted octanol–water partition coefficient (Wildman–Crippen LogP) is 6.51. The summed E-state index contributed by atoms with van der Waals surface area (Å²) in [5, 5.41) is 12.5. The van der Waals surface area contributed by atoms with Crippen molar-refractivity contribution in [3.05, 3.63) is 76.9 Å². The summed E-state index contributed by atoms with van der Waals surface area (Å²) in [6, 6.07) is 5.08. The van der Waals surface area contributed by atoms with E-state index in [1.807, 2.05) is 6.08 Å². The fourth-order valence-corrected chi connectivity index (χ4v) is 2.83. The van der Waals surface area contributed by atoms with Crippen LogP contribution in [0.2, 0.25) is 0 Å². The molecule has 2 N–H and O–H groups in total. The van der Waals surface area contributed by atoms with Gasteiger partial charge in [0.1, 0.15) is 0 Å². The third-order valence-corrected chi connectivity index (χ3v) is 4.70. The number of allylic oxidation sites excluding steroid dienone is 7. The van der Waals surface area contributed by atoms with E-state index in [9.17, 15) is 9.90 Å². The molecule has 0 aliphatic heterocycles. The second kappa shape index (κ2) is 14.9. The van der Waals surface area contributed by atoms with Gasteiger partial charge in [-0.3, -0.25) is 4.79 Å². The lowest BCUT2D eigenvalue weighted by Crippen LogP contribution is -2.20. The van der Waals surface area contributed by atoms with Crippen molar-refractivity contribution in [2.45, 2.75) is 53.4 Å². The summed E-state index contributed by atoms with van der Waals surface area (Å²) in [4.78, 5) is 11.9. The van der Waals surface area contributed by atoms with E-state index >= 15 is 0 Å². The van der Waals surface area contributed by atoms with Gasteiger partial charge in [-0.2, -0.15) is 0 Å². The zero-order chi connectivity index (χ0) is 23.1. The van der Waals surface area contributed by atoms with Crippen LogP contribution in [0.4, 0.5) is 0 Å². The number of rotatable bonds is 12. The third-order valence-electron chi connectivity index (χ3n) is 4.70. The molecule has 0 heterocycles. The molecule has 0 fully saturated rings. The Balaban J connectivity index is 2.33. The van der Waals surface area contributed by atoms with Crippen molar-refractivity contribution in [2.75, 3.05) is 13.7 Å². The summed E-state index contributed by atoms with van der Waals surface area (Å²) in [5.74, 6) is 0.385. The molecule has 0 atom stereocenters. The average Bonchev–Trinajstić information content (AvgIpc) is 2.72. The van der Waals surface area contributed by atoms with E-state index in [1.54, 1.807) is 30.4 Å². The Kier molecular flexibility index (Phi) is 12.5. The van der Waals surface area contributed by atoms with Gasteiger partial charge in [-0.15, -0.1) is 0 Å². The molecule has 31 heavy (non-hydrogen) atoms. The molecule has 0 unspecified atom stereocenters. The number of hydrogen-bond donors (Lipinski definition) is 2. The predicted molar refractivity (Wildman–Crippen MR) is 131 cm³/mol. The quantitative estimate of drug-likeness (QED) is 0.229. The van der Waals surface area contributed by atoms with Gasteiger partial charge in [0.25, 0.3) is 0 Å². The van der Waals surface area contributed by atoms with Gasteiger partial charge in [-0.1, -0.05) is 59.2 Å². The number of methoxy groups -OCH3 is 1. The highest BCUT2D eigenvalue weighted by Crippen LogP contribution is 2.26. The maximum absolute atomic E-state index is 11.9. The summed E-state index contributed by atoms with van der Waals surface area (Å²) < 4.78 is 5.08. The number of ether oxygens (including phenoxy) is 1. The van der Waals surface area contributed by atoms with Gasteiger partial charge in [-0.25, -0.2) is 0 Å². The highest BCUT2D eigenvalue weighted by Gasteiger charge is 2.00. The molecule has 0 saturated heterocycles. The van der Waals surface area contributed by atoms with Crippen molar-refractivity contribution in [3.8, 4) is 11.5 Å². The van der Waals surface area contributed by atoms with Crippen LogP contribution in [0.3, 0.4) is 0 Å². The van der Waals surface area contributed by atoms with Crippen LogP contribution < -0.4 is 10.1 Å². The standard InChI is InChI=1S/C27H37NO3/c1-21(2)10-8-11-22(3)12-9-13-23(4)18-19-28-27(30)15-7-6-14-24-16-17-25(29)26(20-24)31-5/h6-7,10,12,14-18,20,29H,8-9,11,13,19H2,1-5H3,(H,28,30)/b14-6?,15-7?,22-12+,23-18+. The van der Waals surface area contributed by atoms with E-state index in [4.69, 9.17) is 4.74 Å². The molecule has 0 aliphatic rings. The minimum atomic E-state index is -0.132. The minimum Gasteiger partial charge on any atom is -0.504 e. The monoisotopic (exact) mass is 423 g/mol. The smallest absolute Gasteiger partial charge is 0.244 e. The molecule has 168 valence electrons. The zero-order valence-electron chi connectivity index (χ0n) is 19.6. The number of carbonyl (C=O) groups is 1. The van der Waals surface area contributed by atoms with E-state index in [-0.39, 0.29) is 11.7 Å². The van der Waals surface area contributed by atoms with E-state index in [0.29, 0.717) is 12.3 Å². The van der Waals surface area contributed by atoms with Crippen molar-refractivity contribution in [3.63, 3.8) is 0 Å². The molecule has 4 heteroatoms. The highest BCUT2D eigenvalue weighted by atomic mass is 16.5. The third kappa shape index (κ3) is 12.3. The van der Waals surface area contributed by atoms with Gasteiger partial charge >= 0.3 is 0 Å². The number of phenols is 1. The summed E-state index contributed by atoms with van der Waals surface area (Å²) in [6.45, 7) is 9.08. The van der Waals surface area contributed by atoms with Crippen LogP contribution in [0.1, 0.15) is 58.9 Å². The Bertz CT molecular complexity index is 853. The van der Waals surface area contributed by atoms with E-state index in [2.05, 4.69) is 51.2 Å². The van der Waals surface area contributed by atoms with Crippen LogP contribution >= 0.6 is 0 Å². The summed E-state index contributed by atoms with van der Waals surface area (Å²) in [7, 11) is 1.51. The lowest BCUT2D eigenvalue weighted by atomic mass is 10.1. The number of phenolic OH excluding ortho intramolecular Hbond substituents is 1. The van der Waals surface area contributed by atoms with Crippen molar-refractivity contribution in [1.29, 1.82) is 0 Å². The molecule has 1 rings (SSSR count). The Hall–Kier alpha value is -3.01. The normalized spacial score (nSPS) is 12.4. The van der Waals surface area contributed by atoms with Crippen molar-refractivity contribution < 1.29 is 14.6 Å². The Labute approximate surface area is 187 Å². The maximum Gasteiger partial charge on any atom is 0.244 e. The molecule has 1 aromatic rings. The topological polar surface area (TPSA) is 58.6 Å². The average molecular weight is 424 g/mol. The molecule has 4 nitrogen and oxygen atoms in total. The summed E-state index contributed by atoms with van der Waals surface area (Å²) >= 11 is 0. The molecule has 0 spiro atoms. The van der Waals surface area contributed by atoms with Gasteiger partial charge in [0.05, 0.1) is 7.11 Å².